The quantitative estimate of drug-likeness (QED) is 0.406. The van der Waals surface area contributed by atoms with Crippen molar-refractivity contribution in [2.24, 2.45) is 5.92 Å². The van der Waals surface area contributed by atoms with E-state index in [1.165, 1.54) is 11.1 Å². The molecule has 1 aliphatic carbocycles. The van der Waals surface area contributed by atoms with Crippen molar-refractivity contribution in [3.8, 4) is 0 Å². The van der Waals surface area contributed by atoms with Gasteiger partial charge in [0.25, 0.3) is 0 Å². The summed E-state index contributed by atoms with van der Waals surface area (Å²) in [5, 5.41) is 12.2. The average molecular weight is 685 g/mol. The van der Waals surface area contributed by atoms with Crippen LogP contribution in [0.4, 0.5) is 10.5 Å². The van der Waals surface area contributed by atoms with Crippen molar-refractivity contribution < 1.29 is 24.3 Å². The molecule has 0 radical (unpaired) electrons. The lowest BCUT2D eigenvalue weighted by atomic mass is 9.77. The van der Waals surface area contributed by atoms with Crippen LogP contribution in [0.3, 0.4) is 0 Å². The molecule has 3 fully saturated rings. The predicted octanol–water partition coefficient (Wildman–Crippen LogP) is 4.23. The van der Waals surface area contributed by atoms with Gasteiger partial charge >= 0.3 is 12.0 Å². The van der Waals surface area contributed by atoms with Gasteiger partial charge in [-0.15, -0.1) is 0 Å². The molecule has 2 aromatic carbocycles. The smallest absolute Gasteiger partial charge is 0.322 e. The molecular formula is C39H52N6O5. The zero-order valence-electron chi connectivity index (χ0n) is 29.2. The molecule has 268 valence electrons. The molecule has 0 bridgehead atoms. The number of carbonyl (C=O) groups is 4. The highest BCUT2D eigenvalue weighted by atomic mass is 16.4. The number of carbonyl (C=O) groups excluding carboxylic acids is 3. The normalized spacial score (nSPS) is 23.2. The number of urea groups is 1. The minimum absolute atomic E-state index is 0.0495. The first-order valence-electron chi connectivity index (χ1n) is 18.8. The zero-order chi connectivity index (χ0) is 34.6. The Morgan fingerprint density at radius 3 is 2.18 bits per heavy atom. The number of hydrogen-bond donors (Lipinski definition) is 2. The largest absolute Gasteiger partial charge is 0.480 e. The van der Waals surface area contributed by atoms with Crippen LogP contribution in [0, 0.1) is 5.92 Å². The van der Waals surface area contributed by atoms with Crippen LogP contribution in [0.5, 0.6) is 0 Å². The number of piperazine rings is 1. The third-order valence-corrected chi connectivity index (χ3v) is 12.0. The van der Waals surface area contributed by atoms with Gasteiger partial charge < -0.3 is 25.1 Å². The van der Waals surface area contributed by atoms with E-state index in [0.29, 0.717) is 45.2 Å². The Balaban J connectivity index is 0.973. The summed E-state index contributed by atoms with van der Waals surface area (Å²) < 4.78 is 0. The number of hydrogen-bond acceptors (Lipinski definition) is 6. The SMILES string of the molecule is O=C(O)CN1CCN(C2CCN(C(=O)[C@@H](CC(=O)N3CCC(N4Cc5ccccc5NC4=O)CC3)C[C@@H]3CCCc4ccccc43)CC2)CC1. The van der Waals surface area contributed by atoms with E-state index < -0.39 is 5.97 Å². The summed E-state index contributed by atoms with van der Waals surface area (Å²) in [7, 11) is 0. The van der Waals surface area contributed by atoms with Gasteiger partial charge in [0.05, 0.1) is 6.54 Å². The van der Waals surface area contributed by atoms with Crippen molar-refractivity contribution >= 4 is 29.5 Å². The number of rotatable bonds is 9. The van der Waals surface area contributed by atoms with Gasteiger partial charge in [-0.25, -0.2) is 4.79 Å². The number of benzene rings is 2. The van der Waals surface area contributed by atoms with Crippen LogP contribution < -0.4 is 5.32 Å². The third-order valence-electron chi connectivity index (χ3n) is 12.0. The van der Waals surface area contributed by atoms with Crippen molar-refractivity contribution in [3.05, 3.63) is 65.2 Å². The zero-order valence-corrected chi connectivity index (χ0v) is 29.2. The Morgan fingerprint density at radius 1 is 0.780 bits per heavy atom. The first-order chi connectivity index (χ1) is 24.3. The van der Waals surface area contributed by atoms with E-state index in [2.05, 4.69) is 40.5 Å². The molecule has 0 saturated carbocycles. The molecule has 5 aliphatic rings. The first kappa shape index (κ1) is 34.5. The highest BCUT2D eigenvalue weighted by molar-refractivity contribution is 5.92. The van der Waals surface area contributed by atoms with Crippen LogP contribution in [0.25, 0.3) is 0 Å². The van der Waals surface area contributed by atoms with Gasteiger partial charge in [-0.05, 0) is 80.0 Å². The molecule has 0 unspecified atom stereocenters. The fourth-order valence-corrected chi connectivity index (χ4v) is 9.19. The Labute approximate surface area is 295 Å². The summed E-state index contributed by atoms with van der Waals surface area (Å²) in [4.78, 5) is 62.7. The molecule has 2 atom stereocenters. The second-order valence-electron chi connectivity index (χ2n) is 15.0. The highest BCUT2D eigenvalue weighted by Gasteiger charge is 2.37. The molecule has 0 spiro atoms. The number of fused-ring (bicyclic) bond motifs is 2. The Kier molecular flexibility index (Phi) is 10.7. The lowest BCUT2D eigenvalue weighted by Crippen LogP contribution is -2.55. The molecule has 4 amide bonds. The highest BCUT2D eigenvalue weighted by Crippen LogP contribution is 2.38. The Bertz CT molecular complexity index is 1540. The summed E-state index contributed by atoms with van der Waals surface area (Å²) >= 11 is 0. The molecule has 4 aliphatic heterocycles. The van der Waals surface area contributed by atoms with Crippen LogP contribution in [0.15, 0.2) is 48.5 Å². The number of nitrogens with one attached hydrogen (secondary N) is 1. The van der Waals surface area contributed by atoms with Crippen LogP contribution in [-0.4, -0.2) is 124 Å². The fourth-order valence-electron chi connectivity index (χ4n) is 9.19. The summed E-state index contributed by atoms with van der Waals surface area (Å²) in [6, 6.07) is 16.9. The molecule has 0 aromatic heterocycles. The van der Waals surface area contributed by atoms with Crippen LogP contribution in [0.1, 0.15) is 74.0 Å². The number of anilines is 1. The number of aliphatic carboxylic acids is 1. The molecular weight excluding hydrogens is 632 g/mol. The molecule has 50 heavy (non-hydrogen) atoms. The number of para-hydroxylation sites is 1. The third kappa shape index (κ3) is 7.84. The van der Waals surface area contributed by atoms with Crippen molar-refractivity contribution in [2.45, 2.75) is 82.3 Å². The molecule has 4 heterocycles. The maximum absolute atomic E-state index is 14.4. The van der Waals surface area contributed by atoms with E-state index in [0.717, 1.165) is 82.4 Å². The van der Waals surface area contributed by atoms with E-state index in [-0.39, 0.29) is 48.7 Å². The number of carboxylic acids is 1. The monoisotopic (exact) mass is 684 g/mol. The number of carboxylic acid groups (broad SMARTS) is 1. The van der Waals surface area contributed by atoms with Gasteiger partial charge in [-0.3, -0.25) is 24.2 Å². The van der Waals surface area contributed by atoms with E-state index in [1.54, 1.807) is 0 Å². The summed E-state index contributed by atoms with van der Waals surface area (Å²) in [6.45, 7) is 6.47. The second kappa shape index (κ2) is 15.5. The van der Waals surface area contributed by atoms with Crippen LogP contribution in [0.2, 0.25) is 0 Å². The van der Waals surface area contributed by atoms with Gasteiger partial charge in [-0.1, -0.05) is 42.5 Å². The van der Waals surface area contributed by atoms with Crippen LogP contribution >= 0.6 is 0 Å². The molecule has 11 heteroatoms. The van der Waals surface area contributed by atoms with E-state index in [4.69, 9.17) is 5.11 Å². The topological polar surface area (TPSA) is 117 Å². The molecule has 2 aromatic rings. The minimum atomic E-state index is -0.780. The Hall–Kier alpha value is -3.96. The lowest BCUT2D eigenvalue weighted by molar-refractivity contribution is -0.143. The van der Waals surface area contributed by atoms with Gasteiger partial charge in [0, 0.05) is 89.0 Å². The number of piperidine rings is 2. The van der Waals surface area contributed by atoms with Gasteiger partial charge in [0.2, 0.25) is 11.8 Å². The van der Waals surface area contributed by atoms with Gasteiger partial charge in [0.15, 0.2) is 0 Å². The number of aryl methyl sites for hydroxylation is 1. The van der Waals surface area contributed by atoms with Crippen molar-refractivity contribution in [1.82, 2.24) is 24.5 Å². The number of nitrogens with zero attached hydrogens (tertiary/aromatic N) is 5. The van der Waals surface area contributed by atoms with Crippen molar-refractivity contribution in [1.29, 1.82) is 0 Å². The van der Waals surface area contributed by atoms with Crippen molar-refractivity contribution in [3.63, 3.8) is 0 Å². The number of likely N-dealkylation sites (tertiary alicyclic amines) is 2. The fraction of sp³-hybridized carbons (Fsp3) is 0.590. The van der Waals surface area contributed by atoms with E-state index in [9.17, 15) is 19.2 Å². The standard InChI is InChI=1S/C39H52N6O5/c46-36(43-16-14-33(15-17-43)45-26-30-7-2-4-11-35(30)40-39(45)50)25-31(24-29-9-5-8-28-6-1-3-10-34(28)29)38(49)44-18-12-32(13-19-44)42-22-20-41(21-23-42)27-37(47)48/h1-4,6-7,10-11,29,31-33H,5,8-9,12-27H2,(H,40,50)(H,47,48)/t29-,31+/m0/s1. The maximum Gasteiger partial charge on any atom is 0.322 e. The molecule has 2 N–H and O–H groups in total. The van der Waals surface area contributed by atoms with E-state index in [1.807, 2.05) is 37.8 Å². The molecule has 11 nitrogen and oxygen atoms in total. The number of amides is 4. The summed E-state index contributed by atoms with van der Waals surface area (Å²) in [6.07, 6.45) is 7.39. The first-order valence-corrected chi connectivity index (χ1v) is 18.8. The maximum atomic E-state index is 14.4. The minimum Gasteiger partial charge on any atom is -0.480 e. The predicted molar refractivity (Wildman–Crippen MR) is 191 cm³/mol. The summed E-state index contributed by atoms with van der Waals surface area (Å²) in [5.41, 5.74) is 4.69. The average Bonchev–Trinajstić information content (AvgIpc) is 3.14. The van der Waals surface area contributed by atoms with Gasteiger partial charge in [0.1, 0.15) is 0 Å². The molecule has 3 saturated heterocycles. The second-order valence-corrected chi connectivity index (χ2v) is 15.0. The lowest BCUT2D eigenvalue weighted by Gasteiger charge is -2.43. The van der Waals surface area contributed by atoms with Gasteiger partial charge in [-0.2, -0.15) is 0 Å². The van der Waals surface area contributed by atoms with Crippen molar-refractivity contribution in [2.75, 3.05) is 64.2 Å². The Morgan fingerprint density at radius 2 is 1.44 bits per heavy atom. The van der Waals surface area contributed by atoms with Crippen LogP contribution in [-0.2, 0) is 27.3 Å². The van der Waals surface area contributed by atoms with E-state index >= 15 is 0 Å². The molecule has 7 rings (SSSR count). The summed E-state index contributed by atoms with van der Waals surface area (Å²) in [5.74, 6) is -0.708.